The second-order valence-electron chi connectivity index (χ2n) is 3.74. The highest BCUT2D eigenvalue weighted by Gasteiger charge is 2.04. The number of ether oxygens (including phenoxy) is 1. The molecule has 2 aromatic rings. The first-order valence-electron chi connectivity index (χ1n) is 5.56. The Kier molecular flexibility index (Phi) is 4.07. The minimum absolute atomic E-state index is 0.0595. The van der Waals surface area contributed by atoms with Crippen LogP contribution in [-0.2, 0) is 0 Å². The lowest BCUT2D eigenvalue weighted by Crippen LogP contribution is -2.02. The third-order valence-electron chi connectivity index (χ3n) is 2.38. The highest BCUT2D eigenvalue weighted by molar-refractivity contribution is 5.76. The van der Waals surface area contributed by atoms with E-state index in [0.29, 0.717) is 16.0 Å². The third-order valence-corrected chi connectivity index (χ3v) is 2.38. The molecule has 2 aromatic carbocycles. The normalized spacial score (nSPS) is 11.6. The molecule has 0 atom stereocenters. The average Bonchev–Trinajstić information content (AvgIpc) is 2.41. The molecule has 5 heteroatoms. The molecule has 0 heterocycles. The molecule has 0 unspecified atom stereocenters. The highest BCUT2D eigenvalue weighted by atomic mass is 19.3. The minimum atomic E-state index is -2.85. The molecule has 0 fully saturated rings. The number of hydrogen-bond acceptors (Lipinski definition) is 2. The first-order chi connectivity index (χ1) is 9.15. The van der Waals surface area contributed by atoms with Crippen molar-refractivity contribution in [1.82, 2.24) is 0 Å². The number of para-hydroxylation sites is 1. The van der Waals surface area contributed by atoms with Gasteiger partial charge in [-0.25, -0.2) is 0 Å². The van der Waals surface area contributed by atoms with Crippen LogP contribution >= 0.6 is 0 Å². The second-order valence-corrected chi connectivity index (χ2v) is 3.74. The molecule has 0 N–H and O–H groups in total. The molecule has 0 bridgehead atoms. The van der Waals surface area contributed by atoms with Gasteiger partial charge in [0.2, 0.25) is 5.69 Å². The molecule has 0 amide bonds. The van der Waals surface area contributed by atoms with Gasteiger partial charge >= 0.3 is 6.61 Å². The average molecular weight is 263 g/mol. The Morgan fingerprint density at radius 3 is 2.21 bits per heavy atom. The van der Waals surface area contributed by atoms with E-state index in [1.807, 2.05) is 6.07 Å². The van der Waals surface area contributed by atoms with Crippen LogP contribution < -0.4 is 4.74 Å². The molecule has 0 spiro atoms. The maximum Gasteiger partial charge on any atom is 0.387 e. The molecule has 0 aliphatic heterocycles. The summed E-state index contributed by atoms with van der Waals surface area (Å²) < 4.78 is 28.9. The van der Waals surface area contributed by atoms with Crippen LogP contribution in [0.2, 0.25) is 0 Å². The molecule has 0 saturated carbocycles. The van der Waals surface area contributed by atoms with Crippen LogP contribution in [0.1, 0.15) is 5.56 Å². The zero-order chi connectivity index (χ0) is 13.7. The van der Waals surface area contributed by atoms with Gasteiger partial charge in [-0.1, -0.05) is 18.2 Å². The standard InChI is InChI=1S/C14H11F2NO2/c15-14(16)19-13-8-6-11(7-9-13)10-17(18)12-4-2-1-3-5-12/h1-10,14H/b17-10-. The number of nitrogens with zero attached hydrogens (tertiary/aromatic N) is 1. The summed E-state index contributed by atoms with van der Waals surface area (Å²) in [6.45, 7) is -2.85. The van der Waals surface area contributed by atoms with Crippen molar-refractivity contribution in [2.75, 3.05) is 0 Å². The summed E-state index contributed by atoms with van der Waals surface area (Å²) in [7, 11) is 0. The van der Waals surface area contributed by atoms with Gasteiger partial charge in [0.05, 0.1) is 0 Å². The quantitative estimate of drug-likeness (QED) is 0.366. The number of hydrogen-bond donors (Lipinski definition) is 0. The summed E-state index contributed by atoms with van der Waals surface area (Å²) in [4.78, 5) is 0. The topological polar surface area (TPSA) is 35.3 Å². The Morgan fingerprint density at radius 1 is 1.00 bits per heavy atom. The van der Waals surface area contributed by atoms with Crippen molar-refractivity contribution in [3.8, 4) is 5.75 Å². The molecular weight excluding hydrogens is 252 g/mol. The number of benzene rings is 2. The molecule has 19 heavy (non-hydrogen) atoms. The van der Waals surface area contributed by atoms with Crippen molar-refractivity contribution in [2.45, 2.75) is 6.61 Å². The predicted molar refractivity (Wildman–Crippen MR) is 68.0 cm³/mol. The van der Waals surface area contributed by atoms with Gasteiger partial charge < -0.3 is 9.94 Å². The van der Waals surface area contributed by atoms with Crippen LogP contribution in [0, 0.1) is 5.21 Å². The van der Waals surface area contributed by atoms with E-state index in [1.54, 1.807) is 24.3 Å². The van der Waals surface area contributed by atoms with Gasteiger partial charge in [0.15, 0.2) is 6.21 Å². The fourth-order valence-corrected chi connectivity index (χ4v) is 1.52. The van der Waals surface area contributed by atoms with Crippen molar-refractivity contribution in [1.29, 1.82) is 0 Å². The van der Waals surface area contributed by atoms with Gasteiger partial charge in [-0.15, -0.1) is 0 Å². The lowest BCUT2D eigenvalue weighted by atomic mass is 10.2. The zero-order valence-corrected chi connectivity index (χ0v) is 9.87. The molecular formula is C14H11F2NO2. The summed E-state index contributed by atoms with van der Waals surface area (Å²) in [5, 5.41) is 11.8. The first kappa shape index (κ1) is 13.0. The van der Waals surface area contributed by atoms with Crippen LogP contribution in [0.25, 0.3) is 0 Å². The first-order valence-corrected chi connectivity index (χ1v) is 5.56. The monoisotopic (exact) mass is 263 g/mol. The van der Waals surface area contributed by atoms with E-state index in [2.05, 4.69) is 4.74 Å². The number of alkyl halides is 2. The lowest BCUT2D eigenvalue weighted by Gasteiger charge is -2.04. The predicted octanol–water partition coefficient (Wildman–Crippen LogP) is 3.55. The van der Waals surface area contributed by atoms with Crippen LogP contribution in [0.15, 0.2) is 54.6 Å². The fourth-order valence-electron chi connectivity index (χ4n) is 1.52. The van der Waals surface area contributed by atoms with Crippen LogP contribution in [0.4, 0.5) is 14.5 Å². The summed E-state index contributed by atoms with van der Waals surface area (Å²) in [6.07, 6.45) is 1.36. The Bertz CT molecular complexity index is 553. The maximum atomic E-state index is 12.0. The highest BCUT2D eigenvalue weighted by Crippen LogP contribution is 2.15. The molecule has 98 valence electrons. The van der Waals surface area contributed by atoms with E-state index in [-0.39, 0.29) is 5.75 Å². The van der Waals surface area contributed by atoms with E-state index < -0.39 is 6.61 Å². The fraction of sp³-hybridized carbons (Fsp3) is 0.0714. The molecule has 0 aromatic heterocycles. The minimum Gasteiger partial charge on any atom is -0.618 e. The van der Waals surface area contributed by atoms with Crippen LogP contribution in [0.5, 0.6) is 5.75 Å². The summed E-state index contributed by atoms with van der Waals surface area (Å²) >= 11 is 0. The lowest BCUT2D eigenvalue weighted by molar-refractivity contribution is -0.354. The maximum absolute atomic E-state index is 12.0. The van der Waals surface area contributed by atoms with Crippen molar-refractivity contribution in [3.05, 3.63) is 65.4 Å². The molecule has 0 radical (unpaired) electrons. The van der Waals surface area contributed by atoms with Gasteiger partial charge in [-0.05, 0) is 24.3 Å². The van der Waals surface area contributed by atoms with Gasteiger partial charge in [0, 0.05) is 17.7 Å². The number of rotatable bonds is 4. The smallest absolute Gasteiger partial charge is 0.387 e. The zero-order valence-electron chi connectivity index (χ0n) is 9.87. The van der Waals surface area contributed by atoms with E-state index in [1.165, 1.54) is 30.5 Å². The van der Waals surface area contributed by atoms with E-state index in [9.17, 15) is 14.0 Å². The SMILES string of the molecule is [O-]/[N+](=C\c1ccc(OC(F)F)cc1)c1ccccc1. The van der Waals surface area contributed by atoms with Crippen LogP contribution in [-0.4, -0.2) is 17.6 Å². The van der Waals surface area contributed by atoms with Crippen molar-refractivity contribution < 1.29 is 18.3 Å². The van der Waals surface area contributed by atoms with Crippen molar-refractivity contribution in [3.63, 3.8) is 0 Å². The van der Waals surface area contributed by atoms with Gasteiger partial charge in [-0.3, -0.25) is 0 Å². The van der Waals surface area contributed by atoms with E-state index >= 15 is 0 Å². The largest absolute Gasteiger partial charge is 0.618 e. The Hall–Kier alpha value is -2.43. The van der Waals surface area contributed by atoms with Crippen molar-refractivity contribution in [2.24, 2.45) is 0 Å². The van der Waals surface area contributed by atoms with Gasteiger partial charge in [-0.2, -0.15) is 13.5 Å². The Morgan fingerprint density at radius 2 is 1.63 bits per heavy atom. The molecule has 0 saturated heterocycles. The van der Waals surface area contributed by atoms with Crippen molar-refractivity contribution >= 4 is 11.9 Å². The molecule has 0 aliphatic rings. The number of halogens is 2. The molecule has 3 nitrogen and oxygen atoms in total. The molecule has 2 rings (SSSR count). The third kappa shape index (κ3) is 3.77. The van der Waals surface area contributed by atoms with E-state index in [0.717, 1.165) is 0 Å². The summed E-state index contributed by atoms with van der Waals surface area (Å²) in [5.74, 6) is 0.0595. The van der Waals surface area contributed by atoms with Gasteiger partial charge in [0.1, 0.15) is 5.75 Å². The van der Waals surface area contributed by atoms with E-state index in [4.69, 9.17) is 0 Å². The van der Waals surface area contributed by atoms with Crippen LogP contribution in [0.3, 0.4) is 0 Å². The molecule has 0 aliphatic carbocycles. The summed E-state index contributed by atoms with van der Waals surface area (Å²) in [5.41, 5.74) is 1.09. The van der Waals surface area contributed by atoms with Gasteiger partial charge in [0.25, 0.3) is 0 Å². The second kappa shape index (κ2) is 5.95. The summed E-state index contributed by atoms with van der Waals surface area (Å²) in [6, 6.07) is 14.5. The Balaban J connectivity index is 2.15. The Labute approximate surface area is 109 Å².